The van der Waals surface area contributed by atoms with Gasteiger partial charge in [0.05, 0.1) is 25.6 Å². The molecule has 0 aliphatic heterocycles. The van der Waals surface area contributed by atoms with Crippen LogP contribution in [0, 0.1) is 0 Å². The third-order valence-corrected chi connectivity index (χ3v) is 4.01. The molecule has 150 valence electrons. The number of para-hydroxylation sites is 1. The van der Waals surface area contributed by atoms with Gasteiger partial charge in [-0.2, -0.15) is 0 Å². The van der Waals surface area contributed by atoms with Gasteiger partial charge in [0.15, 0.2) is 0 Å². The maximum absolute atomic E-state index is 12.3. The van der Waals surface area contributed by atoms with Crippen molar-refractivity contribution in [2.75, 3.05) is 12.4 Å². The maximum atomic E-state index is 12.3. The van der Waals surface area contributed by atoms with Crippen molar-refractivity contribution in [2.24, 2.45) is 0 Å². The van der Waals surface area contributed by atoms with Crippen LogP contribution in [-0.2, 0) is 6.54 Å². The van der Waals surface area contributed by atoms with Gasteiger partial charge in [-0.15, -0.1) is 0 Å². The average molecular weight is 392 g/mol. The Kier molecular flexibility index (Phi) is 6.63. The lowest BCUT2D eigenvalue weighted by atomic mass is 10.2. The summed E-state index contributed by atoms with van der Waals surface area (Å²) in [4.78, 5) is 20.8. The fourth-order valence-electron chi connectivity index (χ4n) is 2.66. The summed E-state index contributed by atoms with van der Waals surface area (Å²) in [7, 11) is 1.60. The number of carbonyl (C=O) groups excluding carboxylic acids is 1. The van der Waals surface area contributed by atoms with Crippen LogP contribution in [0.2, 0.25) is 0 Å². The highest BCUT2D eigenvalue weighted by Crippen LogP contribution is 2.20. The van der Waals surface area contributed by atoms with Crippen LogP contribution < -0.4 is 20.1 Å². The first-order chi connectivity index (χ1) is 14.0. The molecular formula is C22H24N4O3. The van der Waals surface area contributed by atoms with E-state index in [0.29, 0.717) is 12.4 Å². The van der Waals surface area contributed by atoms with E-state index in [1.165, 1.54) is 12.4 Å². The van der Waals surface area contributed by atoms with Gasteiger partial charge in [-0.25, -0.2) is 9.97 Å². The molecule has 7 heteroatoms. The Morgan fingerprint density at radius 3 is 2.45 bits per heavy atom. The Labute approximate surface area is 170 Å². The molecule has 0 radical (unpaired) electrons. The van der Waals surface area contributed by atoms with Gasteiger partial charge < -0.3 is 20.1 Å². The van der Waals surface area contributed by atoms with Crippen molar-refractivity contribution >= 4 is 17.4 Å². The lowest BCUT2D eigenvalue weighted by molar-refractivity contribution is 0.0945. The number of nitrogens with one attached hydrogen (secondary N) is 2. The quantitative estimate of drug-likeness (QED) is 0.604. The van der Waals surface area contributed by atoms with Crippen LogP contribution in [0.4, 0.5) is 11.5 Å². The summed E-state index contributed by atoms with van der Waals surface area (Å²) in [5.41, 5.74) is 1.98. The van der Waals surface area contributed by atoms with E-state index in [4.69, 9.17) is 9.47 Å². The lowest BCUT2D eigenvalue weighted by Gasteiger charge is -2.11. The molecule has 0 atom stereocenters. The SMILES string of the molecule is COc1ccccc1CNC(=O)c1cnc(Nc2ccc(OC(C)C)cc2)cn1. The summed E-state index contributed by atoms with van der Waals surface area (Å²) in [6.45, 7) is 4.31. The number of benzene rings is 2. The number of hydrogen-bond donors (Lipinski definition) is 2. The third kappa shape index (κ3) is 5.68. The number of anilines is 2. The van der Waals surface area contributed by atoms with Gasteiger partial charge in [-0.3, -0.25) is 4.79 Å². The number of carbonyl (C=O) groups is 1. The molecule has 0 saturated heterocycles. The predicted octanol–water partition coefficient (Wildman–Crippen LogP) is 3.95. The van der Waals surface area contributed by atoms with Crippen molar-refractivity contribution in [3.63, 3.8) is 0 Å². The fourth-order valence-corrected chi connectivity index (χ4v) is 2.66. The first-order valence-electron chi connectivity index (χ1n) is 9.31. The molecule has 1 aromatic heterocycles. The van der Waals surface area contributed by atoms with E-state index in [0.717, 1.165) is 22.7 Å². The Morgan fingerprint density at radius 1 is 1.03 bits per heavy atom. The number of ether oxygens (including phenoxy) is 2. The highest BCUT2D eigenvalue weighted by molar-refractivity contribution is 5.92. The molecule has 1 heterocycles. The highest BCUT2D eigenvalue weighted by atomic mass is 16.5. The number of nitrogens with zero attached hydrogens (tertiary/aromatic N) is 2. The van der Waals surface area contributed by atoms with Gasteiger partial charge in [0.1, 0.15) is 23.0 Å². The van der Waals surface area contributed by atoms with E-state index in [1.807, 2.05) is 62.4 Å². The van der Waals surface area contributed by atoms with E-state index in [2.05, 4.69) is 20.6 Å². The number of rotatable bonds is 8. The number of hydrogen-bond acceptors (Lipinski definition) is 6. The molecule has 0 aliphatic carbocycles. The van der Waals surface area contributed by atoms with Crippen molar-refractivity contribution in [1.29, 1.82) is 0 Å². The molecule has 29 heavy (non-hydrogen) atoms. The zero-order valence-electron chi connectivity index (χ0n) is 16.7. The maximum Gasteiger partial charge on any atom is 0.271 e. The van der Waals surface area contributed by atoms with Crippen LogP contribution in [0.3, 0.4) is 0 Å². The molecule has 3 aromatic rings. The lowest BCUT2D eigenvalue weighted by Crippen LogP contribution is -2.24. The van der Waals surface area contributed by atoms with Crippen LogP contribution >= 0.6 is 0 Å². The van der Waals surface area contributed by atoms with Crippen LogP contribution in [-0.4, -0.2) is 29.1 Å². The Balaban J connectivity index is 1.57. The van der Waals surface area contributed by atoms with E-state index in [9.17, 15) is 4.79 Å². The molecule has 2 aromatic carbocycles. The molecule has 1 amide bonds. The summed E-state index contributed by atoms with van der Waals surface area (Å²) < 4.78 is 10.9. The Morgan fingerprint density at radius 2 is 1.79 bits per heavy atom. The smallest absolute Gasteiger partial charge is 0.271 e. The summed E-state index contributed by atoms with van der Waals surface area (Å²) in [6, 6.07) is 15.1. The van der Waals surface area contributed by atoms with Crippen molar-refractivity contribution in [1.82, 2.24) is 15.3 Å². The fraction of sp³-hybridized carbons (Fsp3) is 0.227. The Bertz CT molecular complexity index is 941. The second-order valence-corrected chi connectivity index (χ2v) is 6.60. The second kappa shape index (κ2) is 9.54. The molecule has 7 nitrogen and oxygen atoms in total. The van der Waals surface area contributed by atoms with E-state index < -0.39 is 0 Å². The number of amides is 1. The van der Waals surface area contributed by atoms with E-state index in [1.54, 1.807) is 7.11 Å². The van der Waals surface area contributed by atoms with Gasteiger partial charge in [0.2, 0.25) is 0 Å². The molecule has 0 bridgehead atoms. The first kappa shape index (κ1) is 20.1. The first-order valence-corrected chi connectivity index (χ1v) is 9.31. The van der Waals surface area contributed by atoms with Gasteiger partial charge in [-0.05, 0) is 44.2 Å². The summed E-state index contributed by atoms with van der Waals surface area (Å²) in [5.74, 6) is 1.77. The minimum atomic E-state index is -0.301. The van der Waals surface area contributed by atoms with Gasteiger partial charge in [-0.1, -0.05) is 18.2 Å². The van der Waals surface area contributed by atoms with E-state index >= 15 is 0 Å². The normalized spacial score (nSPS) is 10.5. The average Bonchev–Trinajstić information content (AvgIpc) is 2.74. The predicted molar refractivity (Wildman–Crippen MR) is 112 cm³/mol. The van der Waals surface area contributed by atoms with Crippen molar-refractivity contribution in [3.05, 3.63) is 72.2 Å². The molecule has 0 aliphatic rings. The number of methoxy groups -OCH3 is 1. The minimum absolute atomic E-state index is 0.126. The van der Waals surface area contributed by atoms with Crippen molar-refractivity contribution in [2.45, 2.75) is 26.5 Å². The topological polar surface area (TPSA) is 85.4 Å². The molecule has 0 fully saturated rings. The van der Waals surface area contributed by atoms with Gasteiger partial charge in [0.25, 0.3) is 5.91 Å². The van der Waals surface area contributed by atoms with Crippen LogP contribution in [0.5, 0.6) is 11.5 Å². The zero-order chi connectivity index (χ0) is 20.6. The largest absolute Gasteiger partial charge is 0.496 e. The third-order valence-electron chi connectivity index (χ3n) is 4.01. The molecule has 0 unspecified atom stereocenters. The molecule has 0 spiro atoms. The van der Waals surface area contributed by atoms with Crippen LogP contribution in [0.25, 0.3) is 0 Å². The monoisotopic (exact) mass is 392 g/mol. The highest BCUT2D eigenvalue weighted by Gasteiger charge is 2.10. The van der Waals surface area contributed by atoms with E-state index in [-0.39, 0.29) is 17.7 Å². The summed E-state index contributed by atoms with van der Waals surface area (Å²) in [6.07, 6.45) is 3.09. The summed E-state index contributed by atoms with van der Waals surface area (Å²) in [5, 5.41) is 5.97. The molecule has 3 rings (SSSR count). The Hall–Kier alpha value is -3.61. The molecule has 2 N–H and O–H groups in total. The summed E-state index contributed by atoms with van der Waals surface area (Å²) >= 11 is 0. The second-order valence-electron chi connectivity index (χ2n) is 6.60. The minimum Gasteiger partial charge on any atom is -0.496 e. The molecule has 0 saturated carbocycles. The number of aromatic nitrogens is 2. The van der Waals surface area contributed by atoms with Crippen molar-refractivity contribution in [3.8, 4) is 11.5 Å². The van der Waals surface area contributed by atoms with Crippen molar-refractivity contribution < 1.29 is 14.3 Å². The van der Waals surface area contributed by atoms with Crippen LogP contribution in [0.15, 0.2) is 60.9 Å². The standard InChI is InChI=1S/C22H24N4O3/c1-15(2)29-18-10-8-17(9-11-18)26-21-14-23-19(13-24-21)22(27)25-12-16-6-4-5-7-20(16)28-3/h4-11,13-15H,12H2,1-3H3,(H,24,26)(H,25,27). The van der Waals surface area contributed by atoms with Gasteiger partial charge >= 0.3 is 0 Å². The zero-order valence-corrected chi connectivity index (χ0v) is 16.7. The van der Waals surface area contributed by atoms with Crippen LogP contribution in [0.1, 0.15) is 29.9 Å². The van der Waals surface area contributed by atoms with Gasteiger partial charge in [0, 0.05) is 17.8 Å². The molecular weight excluding hydrogens is 368 g/mol.